The molecule has 0 bridgehead atoms. The fourth-order valence-electron chi connectivity index (χ4n) is 2.26. The third kappa shape index (κ3) is 7.34. The van der Waals surface area contributed by atoms with Crippen molar-refractivity contribution in [3.05, 3.63) is 65.7 Å². The summed E-state index contributed by atoms with van der Waals surface area (Å²) in [7, 11) is 3.27. The topological polar surface area (TPSA) is 84.9 Å². The first-order chi connectivity index (χ1) is 14.2. The predicted octanol–water partition coefficient (Wildman–Crippen LogP) is 3.18. The van der Waals surface area contributed by atoms with Crippen molar-refractivity contribution in [2.24, 2.45) is 0 Å². The maximum absolute atomic E-state index is 12.1. The van der Waals surface area contributed by atoms with Gasteiger partial charge in [0.05, 0.1) is 0 Å². The number of hydrogen-bond acceptors (Lipinski definition) is 5. The molecule has 0 aliphatic carbocycles. The molecule has 158 valence electrons. The number of hydrogen-bond donors (Lipinski definition) is 1. The number of alkyl halides is 2. The Morgan fingerprint density at radius 1 is 1.03 bits per heavy atom. The Bertz CT molecular complexity index is 910. The lowest BCUT2D eigenvalue weighted by molar-refractivity contribution is -0.142. The number of carbonyl (C=O) groups is 3. The number of rotatable bonds is 8. The van der Waals surface area contributed by atoms with Gasteiger partial charge >= 0.3 is 12.6 Å². The second kappa shape index (κ2) is 10.7. The fourth-order valence-corrected chi connectivity index (χ4v) is 2.26. The number of esters is 1. The lowest BCUT2D eigenvalue weighted by atomic mass is 10.2. The zero-order chi connectivity index (χ0) is 22.1. The molecule has 0 heterocycles. The second-order valence-corrected chi connectivity index (χ2v) is 6.21. The molecule has 0 fully saturated rings. The van der Waals surface area contributed by atoms with Gasteiger partial charge in [0.15, 0.2) is 6.61 Å². The highest BCUT2D eigenvalue weighted by Gasteiger charge is 2.09. The van der Waals surface area contributed by atoms with Gasteiger partial charge in [0.2, 0.25) is 0 Å². The summed E-state index contributed by atoms with van der Waals surface area (Å²) in [5.41, 5.74) is 1.49. The highest BCUT2D eigenvalue weighted by molar-refractivity contribution is 5.96. The summed E-state index contributed by atoms with van der Waals surface area (Å²) < 4.78 is 33.3. The fraction of sp³-hybridized carbons (Fsp3) is 0.190. The van der Waals surface area contributed by atoms with Gasteiger partial charge in [-0.15, -0.1) is 0 Å². The molecule has 1 N–H and O–H groups in total. The molecule has 0 aromatic heterocycles. The van der Waals surface area contributed by atoms with Gasteiger partial charge in [0, 0.05) is 31.4 Å². The van der Waals surface area contributed by atoms with Crippen LogP contribution >= 0.6 is 0 Å². The Morgan fingerprint density at radius 3 is 2.23 bits per heavy atom. The monoisotopic (exact) mass is 418 g/mol. The van der Waals surface area contributed by atoms with Crippen molar-refractivity contribution in [3.8, 4) is 5.75 Å². The highest BCUT2D eigenvalue weighted by Crippen LogP contribution is 2.15. The van der Waals surface area contributed by atoms with Gasteiger partial charge in [0.1, 0.15) is 5.75 Å². The minimum atomic E-state index is -2.91. The molecule has 0 unspecified atom stereocenters. The first kappa shape index (κ1) is 22.5. The molecule has 0 aliphatic heterocycles. The van der Waals surface area contributed by atoms with E-state index in [9.17, 15) is 23.2 Å². The van der Waals surface area contributed by atoms with Gasteiger partial charge in [-0.2, -0.15) is 8.78 Å². The van der Waals surface area contributed by atoms with Gasteiger partial charge in [-0.05, 0) is 48.0 Å². The van der Waals surface area contributed by atoms with Crippen LogP contribution in [0.25, 0.3) is 6.08 Å². The lowest BCUT2D eigenvalue weighted by Crippen LogP contribution is -2.22. The number of nitrogens with one attached hydrogen (secondary N) is 1. The molecule has 0 saturated heterocycles. The third-order valence-electron chi connectivity index (χ3n) is 3.68. The molecule has 0 aliphatic rings. The van der Waals surface area contributed by atoms with Crippen molar-refractivity contribution in [2.75, 3.05) is 26.0 Å². The molecule has 2 rings (SSSR count). The summed E-state index contributed by atoms with van der Waals surface area (Å²) in [5.74, 6) is -1.45. The number of nitrogens with zero attached hydrogens (tertiary/aromatic N) is 1. The van der Waals surface area contributed by atoms with E-state index in [1.807, 2.05) is 0 Å². The first-order valence-electron chi connectivity index (χ1n) is 8.76. The second-order valence-electron chi connectivity index (χ2n) is 6.21. The van der Waals surface area contributed by atoms with E-state index >= 15 is 0 Å². The van der Waals surface area contributed by atoms with E-state index in [1.165, 1.54) is 35.2 Å². The molecule has 0 atom stereocenters. The third-order valence-corrected chi connectivity index (χ3v) is 3.68. The molecule has 9 heteroatoms. The molecular weight excluding hydrogens is 398 g/mol. The summed E-state index contributed by atoms with van der Waals surface area (Å²) in [5, 5.41) is 2.55. The number of carbonyl (C=O) groups excluding carboxylic acids is 3. The molecular formula is C21H20F2N2O5. The smallest absolute Gasteiger partial charge is 0.387 e. The van der Waals surface area contributed by atoms with Crippen molar-refractivity contribution in [1.29, 1.82) is 0 Å². The number of benzene rings is 2. The minimum Gasteiger partial charge on any atom is -0.452 e. The molecule has 2 aromatic rings. The van der Waals surface area contributed by atoms with Gasteiger partial charge in [-0.3, -0.25) is 9.59 Å². The van der Waals surface area contributed by atoms with Crippen LogP contribution in [-0.4, -0.2) is 50.0 Å². The summed E-state index contributed by atoms with van der Waals surface area (Å²) in [6, 6.07) is 11.9. The van der Waals surface area contributed by atoms with Crippen LogP contribution in [0.3, 0.4) is 0 Å². The van der Waals surface area contributed by atoms with E-state index < -0.39 is 25.1 Å². The molecule has 2 aromatic carbocycles. The van der Waals surface area contributed by atoms with Crippen LogP contribution in [0, 0.1) is 0 Å². The van der Waals surface area contributed by atoms with E-state index in [4.69, 9.17) is 4.74 Å². The average Bonchev–Trinajstić information content (AvgIpc) is 2.71. The molecule has 0 spiro atoms. The van der Waals surface area contributed by atoms with Crippen LogP contribution in [0.15, 0.2) is 54.6 Å². The van der Waals surface area contributed by atoms with Crippen molar-refractivity contribution in [1.82, 2.24) is 4.90 Å². The Balaban J connectivity index is 1.79. The number of ether oxygens (including phenoxy) is 2. The standard InChI is InChI=1S/C21H20F2N2O5/c1-25(2)20(28)15-6-8-16(9-7-15)24-18(26)13-29-19(27)12-5-14-3-10-17(11-4-14)30-21(22)23/h3-12,21H,13H2,1-2H3,(H,24,26)/b12-5+. The number of halogens is 2. The van der Waals surface area contributed by atoms with Crippen molar-refractivity contribution in [2.45, 2.75) is 6.61 Å². The van der Waals surface area contributed by atoms with E-state index in [0.717, 1.165) is 6.08 Å². The lowest BCUT2D eigenvalue weighted by Gasteiger charge is -2.11. The zero-order valence-electron chi connectivity index (χ0n) is 16.3. The van der Waals surface area contributed by atoms with Gasteiger partial charge in [-0.25, -0.2) is 4.79 Å². The minimum absolute atomic E-state index is 0.000473. The largest absolute Gasteiger partial charge is 0.452 e. The van der Waals surface area contributed by atoms with Crippen molar-refractivity contribution < 1.29 is 32.6 Å². The van der Waals surface area contributed by atoms with Crippen molar-refractivity contribution in [3.63, 3.8) is 0 Å². The summed E-state index contributed by atoms with van der Waals surface area (Å²) in [6.07, 6.45) is 2.52. The van der Waals surface area contributed by atoms with E-state index in [1.54, 1.807) is 38.4 Å². The number of amides is 2. The molecule has 0 radical (unpaired) electrons. The molecule has 30 heavy (non-hydrogen) atoms. The SMILES string of the molecule is CN(C)C(=O)c1ccc(NC(=O)COC(=O)/C=C/c2ccc(OC(F)F)cc2)cc1. The van der Waals surface area contributed by atoms with Crippen LogP contribution in [0.2, 0.25) is 0 Å². The number of anilines is 1. The normalized spacial score (nSPS) is 10.7. The maximum Gasteiger partial charge on any atom is 0.387 e. The van der Waals surface area contributed by atoms with Crippen LogP contribution in [0.4, 0.5) is 14.5 Å². The van der Waals surface area contributed by atoms with Crippen LogP contribution in [0.1, 0.15) is 15.9 Å². The van der Waals surface area contributed by atoms with Crippen LogP contribution < -0.4 is 10.1 Å². The molecule has 0 saturated carbocycles. The Labute approximate surface area is 171 Å². The van der Waals surface area contributed by atoms with Crippen LogP contribution in [0.5, 0.6) is 5.75 Å². The summed E-state index contributed by atoms with van der Waals surface area (Å²) in [4.78, 5) is 36.8. The summed E-state index contributed by atoms with van der Waals surface area (Å²) in [6.45, 7) is -3.41. The Morgan fingerprint density at radius 2 is 1.67 bits per heavy atom. The zero-order valence-corrected chi connectivity index (χ0v) is 16.3. The predicted molar refractivity (Wildman–Crippen MR) is 106 cm³/mol. The van der Waals surface area contributed by atoms with Gasteiger partial charge < -0.3 is 19.7 Å². The highest BCUT2D eigenvalue weighted by atomic mass is 19.3. The Kier molecular flexibility index (Phi) is 8.04. The molecule has 7 nitrogen and oxygen atoms in total. The van der Waals surface area contributed by atoms with E-state index in [0.29, 0.717) is 16.8 Å². The van der Waals surface area contributed by atoms with Crippen LogP contribution in [-0.2, 0) is 14.3 Å². The van der Waals surface area contributed by atoms with Gasteiger partial charge in [0.25, 0.3) is 11.8 Å². The average molecular weight is 418 g/mol. The maximum atomic E-state index is 12.1. The summed E-state index contributed by atoms with van der Waals surface area (Å²) >= 11 is 0. The molecule has 2 amide bonds. The van der Waals surface area contributed by atoms with E-state index in [2.05, 4.69) is 10.1 Å². The van der Waals surface area contributed by atoms with Crippen molar-refractivity contribution >= 4 is 29.5 Å². The van der Waals surface area contributed by atoms with Gasteiger partial charge in [-0.1, -0.05) is 12.1 Å². The van der Waals surface area contributed by atoms with E-state index in [-0.39, 0.29) is 11.7 Å². The quantitative estimate of drug-likeness (QED) is 0.526. The first-order valence-corrected chi connectivity index (χ1v) is 8.76. The Hall–Kier alpha value is -3.75.